The predicted molar refractivity (Wildman–Crippen MR) is 82.5 cm³/mol. The SMILES string of the molecule is CC(C)(C)[C@@]1(C)CN(c2c[nH]c(=O)[nH]c2=O)CCN1C(=O)O. The van der Waals surface area contributed by atoms with E-state index in [9.17, 15) is 19.5 Å². The molecule has 3 N–H and O–H groups in total. The molecule has 0 saturated carbocycles. The molecule has 122 valence electrons. The van der Waals surface area contributed by atoms with Gasteiger partial charge >= 0.3 is 11.8 Å². The summed E-state index contributed by atoms with van der Waals surface area (Å²) in [7, 11) is 0. The van der Waals surface area contributed by atoms with E-state index in [1.54, 1.807) is 0 Å². The lowest BCUT2D eigenvalue weighted by molar-refractivity contribution is 0.00739. The maximum absolute atomic E-state index is 12.0. The van der Waals surface area contributed by atoms with Crippen molar-refractivity contribution >= 4 is 11.8 Å². The van der Waals surface area contributed by atoms with Crippen molar-refractivity contribution in [3.63, 3.8) is 0 Å². The standard InChI is InChI=1S/C14H22N4O4/c1-13(2,3)14(4)8-17(5-6-18(14)12(21)22)9-7-15-11(20)16-10(9)19/h7H,5-6,8H2,1-4H3,(H,21,22)(H2,15,16,19,20)/t14-/m1/s1. The van der Waals surface area contributed by atoms with Crippen molar-refractivity contribution in [1.82, 2.24) is 14.9 Å². The molecule has 2 heterocycles. The second kappa shape index (κ2) is 5.19. The van der Waals surface area contributed by atoms with E-state index in [0.717, 1.165) is 0 Å². The van der Waals surface area contributed by atoms with Crippen molar-refractivity contribution in [2.45, 2.75) is 33.2 Å². The average Bonchev–Trinajstić information content (AvgIpc) is 2.36. The first kappa shape index (κ1) is 16.1. The van der Waals surface area contributed by atoms with E-state index in [2.05, 4.69) is 9.97 Å². The fraction of sp³-hybridized carbons (Fsp3) is 0.643. The molecule has 1 atom stereocenters. The first-order valence-electron chi connectivity index (χ1n) is 7.14. The molecular weight excluding hydrogens is 288 g/mol. The molecule has 1 fully saturated rings. The Morgan fingerprint density at radius 1 is 1.32 bits per heavy atom. The van der Waals surface area contributed by atoms with E-state index < -0.39 is 22.9 Å². The fourth-order valence-corrected chi connectivity index (χ4v) is 2.80. The molecule has 1 aliphatic heterocycles. The van der Waals surface area contributed by atoms with Gasteiger partial charge in [-0.05, 0) is 12.3 Å². The van der Waals surface area contributed by atoms with E-state index >= 15 is 0 Å². The number of hydrogen-bond donors (Lipinski definition) is 3. The van der Waals surface area contributed by atoms with Gasteiger partial charge in [0.15, 0.2) is 0 Å². The first-order valence-corrected chi connectivity index (χ1v) is 7.14. The zero-order valence-electron chi connectivity index (χ0n) is 13.3. The Bertz CT molecular complexity index is 687. The largest absolute Gasteiger partial charge is 0.465 e. The minimum Gasteiger partial charge on any atom is -0.465 e. The second-order valence-corrected chi connectivity index (χ2v) is 6.84. The summed E-state index contributed by atoms with van der Waals surface area (Å²) < 4.78 is 0. The molecule has 0 spiro atoms. The second-order valence-electron chi connectivity index (χ2n) is 6.84. The highest BCUT2D eigenvalue weighted by molar-refractivity contribution is 5.67. The molecule has 0 bridgehead atoms. The van der Waals surface area contributed by atoms with Crippen molar-refractivity contribution in [3.8, 4) is 0 Å². The summed E-state index contributed by atoms with van der Waals surface area (Å²) >= 11 is 0. The van der Waals surface area contributed by atoms with Crippen molar-refractivity contribution < 1.29 is 9.90 Å². The lowest BCUT2D eigenvalue weighted by Crippen LogP contribution is -2.68. The summed E-state index contributed by atoms with van der Waals surface area (Å²) in [5.74, 6) is 0. The molecule has 1 saturated heterocycles. The van der Waals surface area contributed by atoms with Crippen molar-refractivity contribution in [2.75, 3.05) is 24.5 Å². The molecule has 1 aromatic heterocycles. The van der Waals surface area contributed by atoms with Gasteiger partial charge in [0.05, 0.1) is 5.54 Å². The Kier molecular flexibility index (Phi) is 3.80. The molecule has 0 aromatic carbocycles. The van der Waals surface area contributed by atoms with Gasteiger partial charge in [0.2, 0.25) is 0 Å². The maximum Gasteiger partial charge on any atom is 0.407 e. The average molecular weight is 310 g/mol. The Morgan fingerprint density at radius 3 is 2.45 bits per heavy atom. The zero-order chi connectivity index (χ0) is 16.7. The lowest BCUT2D eigenvalue weighted by Gasteiger charge is -2.54. The third-order valence-corrected chi connectivity index (χ3v) is 4.68. The topological polar surface area (TPSA) is 110 Å². The number of carboxylic acid groups (broad SMARTS) is 1. The van der Waals surface area contributed by atoms with Gasteiger partial charge in [0, 0.05) is 25.8 Å². The quantitative estimate of drug-likeness (QED) is 0.706. The van der Waals surface area contributed by atoms with Gasteiger partial charge in [-0.3, -0.25) is 14.7 Å². The third-order valence-electron chi connectivity index (χ3n) is 4.68. The van der Waals surface area contributed by atoms with Crippen molar-refractivity contribution in [1.29, 1.82) is 0 Å². The molecule has 1 aliphatic rings. The zero-order valence-corrected chi connectivity index (χ0v) is 13.3. The van der Waals surface area contributed by atoms with Gasteiger partial charge in [0.1, 0.15) is 5.69 Å². The van der Waals surface area contributed by atoms with Gasteiger partial charge < -0.3 is 15.0 Å². The van der Waals surface area contributed by atoms with Crippen LogP contribution >= 0.6 is 0 Å². The number of aromatic nitrogens is 2. The van der Waals surface area contributed by atoms with Crippen LogP contribution in [0.25, 0.3) is 0 Å². The number of carbonyl (C=O) groups is 1. The van der Waals surface area contributed by atoms with Crippen molar-refractivity contribution in [3.05, 3.63) is 27.0 Å². The Hall–Kier alpha value is -2.25. The summed E-state index contributed by atoms with van der Waals surface area (Å²) in [6.07, 6.45) is 0.410. The summed E-state index contributed by atoms with van der Waals surface area (Å²) in [4.78, 5) is 42.6. The molecule has 8 nitrogen and oxygen atoms in total. The molecule has 22 heavy (non-hydrogen) atoms. The lowest BCUT2D eigenvalue weighted by atomic mass is 9.72. The van der Waals surface area contributed by atoms with E-state index in [1.807, 2.05) is 32.6 Å². The smallest absolute Gasteiger partial charge is 0.407 e. The normalized spacial score (nSPS) is 22.7. The number of amides is 1. The van der Waals surface area contributed by atoms with E-state index in [1.165, 1.54) is 11.1 Å². The van der Waals surface area contributed by atoms with Crippen LogP contribution in [0.3, 0.4) is 0 Å². The molecule has 0 unspecified atom stereocenters. The van der Waals surface area contributed by atoms with Crippen LogP contribution in [-0.2, 0) is 0 Å². The highest BCUT2D eigenvalue weighted by Gasteiger charge is 2.48. The van der Waals surface area contributed by atoms with Crippen LogP contribution in [0.1, 0.15) is 27.7 Å². The number of aromatic amines is 2. The maximum atomic E-state index is 12.0. The van der Waals surface area contributed by atoms with Crippen LogP contribution < -0.4 is 16.1 Å². The molecule has 0 aliphatic carbocycles. The van der Waals surface area contributed by atoms with Crippen LogP contribution in [0, 0.1) is 5.41 Å². The summed E-state index contributed by atoms with van der Waals surface area (Å²) in [5.41, 5.74) is -1.67. The Labute approximate surface area is 127 Å². The monoisotopic (exact) mass is 310 g/mol. The van der Waals surface area contributed by atoms with E-state index in [0.29, 0.717) is 25.3 Å². The third kappa shape index (κ3) is 2.60. The van der Waals surface area contributed by atoms with Gasteiger partial charge in [-0.2, -0.15) is 0 Å². The van der Waals surface area contributed by atoms with Crippen LogP contribution in [0.4, 0.5) is 10.5 Å². The van der Waals surface area contributed by atoms with Crippen LogP contribution in [0.2, 0.25) is 0 Å². The van der Waals surface area contributed by atoms with Crippen LogP contribution in [0.15, 0.2) is 15.8 Å². The summed E-state index contributed by atoms with van der Waals surface area (Å²) in [5, 5.41) is 9.48. The summed E-state index contributed by atoms with van der Waals surface area (Å²) in [6, 6.07) is 0. The molecule has 1 aromatic rings. The minimum absolute atomic E-state index is 0.293. The predicted octanol–water partition coefficient (Wildman–Crippen LogP) is 0.668. The van der Waals surface area contributed by atoms with Gasteiger partial charge in [-0.1, -0.05) is 20.8 Å². The molecule has 1 amide bonds. The van der Waals surface area contributed by atoms with Crippen LogP contribution in [0.5, 0.6) is 0 Å². The Morgan fingerprint density at radius 2 is 1.95 bits per heavy atom. The highest BCUT2D eigenvalue weighted by atomic mass is 16.4. The Balaban J connectivity index is 2.42. The summed E-state index contributed by atoms with van der Waals surface area (Å²) in [6.45, 7) is 8.87. The molecule has 0 radical (unpaired) electrons. The number of nitrogens with one attached hydrogen (secondary N) is 2. The fourth-order valence-electron chi connectivity index (χ4n) is 2.80. The number of H-pyrrole nitrogens is 2. The number of rotatable bonds is 1. The molecule has 2 rings (SSSR count). The number of piperazine rings is 1. The van der Waals surface area contributed by atoms with E-state index in [-0.39, 0.29) is 5.41 Å². The van der Waals surface area contributed by atoms with Crippen LogP contribution in [-0.4, -0.2) is 51.2 Å². The van der Waals surface area contributed by atoms with Gasteiger partial charge in [-0.25, -0.2) is 9.59 Å². The van der Waals surface area contributed by atoms with Crippen molar-refractivity contribution in [2.24, 2.45) is 5.41 Å². The number of nitrogens with zero attached hydrogens (tertiary/aromatic N) is 2. The van der Waals surface area contributed by atoms with E-state index in [4.69, 9.17) is 0 Å². The number of hydrogen-bond acceptors (Lipinski definition) is 4. The molecule has 8 heteroatoms. The highest BCUT2D eigenvalue weighted by Crippen LogP contribution is 2.38. The van der Waals surface area contributed by atoms with Gasteiger partial charge in [0.25, 0.3) is 5.56 Å². The number of anilines is 1. The molecular formula is C14H22N4O4. The van der Waals surface area contributed by atoms with Gasteiger partial charge in [-0.15, -0.1) is 0 Å². The minimum atomic E-state index is -0.965. The first-order chi connectivity index (χ1) is 10.1.